The second-order valence-corrected chi connectivity index (χ2v) is 6.03. The highest BCUT2D eigenvalue weighted by Crippen LogP contribution is 2.36. The van der Waals surface area contributed by atoms with Crippen molar-refractivity contribution in [1.29, 1.82) is 5.26 Å². The summed E-state index contributed by atoms with van der Waals surface area (Å²) in [6, 6.07) is 18.0. The molecule has 25 heavy (non-hydrogen) atoms. The number of nitrogens with zero attached hydrogens (tertiary/aromatic N) is 2. The molecule has 3 rings (SSSR count). The molecule has 2 aromatic carbocycles. The fraction of sp³-hybridized carbons (Fsp3) is 0.350. The summed E-state index contributed by atoms with van der Waals surface area (Å²) in [7, 11) is 2.03. The van der Waals surface area contributed by atoms with E-state index in [0.29, 0.717) is 6.42 Å². The van der Waals surface area contributed by atoms with E-state index in [0.717, 1.165) is 42.3 Å². The first kappa shape index (κ1) is 17.1. The topological polar surface area (TPSA) is 54.7 Å². The summed E-state index contributed by atoms with van der Waals surface area (Å²) < 4.78 is 17.0. The summed E-state index contributed by atoms with van der Waals surface area (Å²) in [6.07, 6.45) is 1.31. The molecule has 5 nitrogen and oxygen atoms in total. The molecule has 2 aromatic rings. The molecule has 1 heterocycles. The number of hydrogen-bond donors (Lipinski definition) is 0. The van der Waals surface area contributed by atoms with Gasteiger partial charge in [-0.1, -0.05) is 30.3 Å². The zero-order valence-electron chi connectivity index (χ0n) is 14.4. The van der Waals surface area contributed by atoms with Gasteiger partial charge in [-0.25, -0.2) is 0 Å². The molecular formula is C20H22N2O3. The quantitative estimate of drug-likeness (QED) is 0.733. The number of fused-ring (bicyclic) bond motifs is 1. The van der Waals surface area contributed by atoms with Crippen molar-refractivity contribution in [3.63, 3.8) is 0 Å². The van der Waals surface area contributed by atoms with Crippen LogP contribution in [0.25, 0.3) is 0 Å². The van der Waals surface area contributed by atoms with Crippen LogP contribution < -0.4 is 14.2 Å². The van der Waals surface area contributed by atoms with Gasteiger partial charge in [-0.3, -0.25) is 0 Å². The van der Waals surface area contributed by atoms with Crippen LogP contribution in [-0.2, 0) is 0 Å². The average molecular weight is 338 g/mol. The van der Waals surface area contributed by atoms with Crippen LogP contribution in [0.5, 0.6) is 17.2 Å². The molecule has 1 unspecified atom stereocenters. The molecule has 0 saturated carbocycles. The van der Waals surface area contributed by atoms with E-state index in [9.17, 15) is 0 Å². The lowest BCUT2D eigenvalue weighted by atomic mass is 10.1. The molecule has 1 aliphatic rings. The summed E-state index contributed by atoms with van der Waals surface area (Å²) in [5.74, 6) is 2.23. The monoisotopic (exact) mass is 338 g/mol. The van der Waals surface area contributed by atoms with Crippen LogP contribution in [0.1, 0.15) is 24.5 Å². The first-order valence-electron chi connectivity index (χ1n) is 8.43. The van der Waals surface area contributed by atoms with E-state index in [1.54, 1.807) is 0 Å². The van der Waals surface area contributed by atoms with E-state index in [1.807, 2.05) is 43.4 Å². The van der Waals surface area contributed by atoms with E-state index in [1.165, 1.54) is 0 Å². The smallest absolute Gasteiger partial charge is 0.231 e. The molecular weight excluding hydrogens is 316 g/mol. The first-order chi connectivity index (χ1) is 12.3. The van der Waals surface area contributed by atoms with Crippen LogP contribution in [0.3, 0.4) is 0 Å². The Morgan fingerprint density at radius 1 is 1.12 bits per heavy atom. The van der Waals surface area contributed by atoms with E-state index >= 15 is 0 Å². The number of rotatable bonds is 8. The molecule has 0 aliphatic carbocycles. The van der Waals surface area contributed by atoms with E-state index in [-0.39, 0.29) is 12.9 Å². The first-order valence-corrected chi connectivity index (χ1v) is 8.43. The van der Waals surface area contributed by atoms with E-state index in [4.69, 9.17) is 19.5 Å². The fourth-order valence-corrected chi connectivity index (χ4v) is 2.77. The Hall–Kier alpha value is -2.71. The van der Waals surface area contributed by atoms with Gasteiger partial charge in [0, 0.05) is 32.0 Å². The SMILES string of the molecule is CN(CCC#N)CCC(Oc1ccc2c(c1)OCO2)c1ccccc1. The minimum Gasteiger partial charge on any atom is -0.486 e. The van der Waals surface area contributed by atoms with Crippen molar-refractivity contribution in [2.45, 2.75) is 18.9 Å². The largest absolute Gasteiger partial charge is 0.486 e. The molecule has 0 radical (unpaired) electrons. The average Bonchev–Trinajstić information content (AvgIpc) is 3.12. The third-order valence-electron chi connectivity index (χ3n) is 4.17. The second-order valence-electron chi connectivity index (χ2n) is 6.03. The number of nitriles is 1. The van der Waals surface area contributed by atoms with Crippen molar-refractivity contribution in [3.8, 4) is 23.3 Å². The predicted octanol–water partition coefficient (Wildman–Crippen LogP) is 3.77. The predicted molar refractivity (Wildman–Crippen MR) is 94.7 cm³/mol. The maximum atomic E-state index is 8.72. The number of benzene rings is 2. The Morgan fingerprint density at radius 2 is 1.92 bits per heavy atom. The van der Waals surface area contributed by atoms with Gasteiger partial charge in [0.1, 0.15) is 11.9 Å². The van der Waals surface area contributed by atoms with Crippen LogP contribution >= 0.6 is 0 Å². The van der Waals surface area contributed by atoms with Crippen molar-refractivity contribution < 1.29 is 14.2 Å². The lowest BCUT2D eigenvalue weighted by Crippen LogP contribution is -2.23. The molecule has 130 valence electrons. The van der Waals surface area contributed by atoms with Crippen LogP contribution in [0.4, 0.5) is 0 Å². The highest BCUT2D eigenvalue weighted by atomic mass is 16.7. The van der Waals surface area contributed by atoms with Crippen molar-refractivity contribution in [3.05, 3.63) is 54.1 Å². The van der Waals surface area contributed by atoms with Gasteiger partial charge >= 0.3 is 0 Å². The van der Waals surface area contributed by atoms with Crippen LogP contribution in [-0.4, -0.2) is 31.8 Å². The molecule has 0 aromatic heterocycles. The van der Waals surface area contributed by atoms with Gasteiger partial charge < -0.3 is 19.1 Å². The molecule has 5 heteroatoms. The Bertz CT molecular complexity index is 727. The number of hydrogen-bond acceptors (Lipinski definition) is 5. The minimum absolute atomic E-state index is 0.0638. The molecule has 1 aliphatic heterocycles. The fourth-order valence-electron chi connectivity index (χ4n) is 2.77. The van der Waals surface area contributed by atoms with Gasteiger partial charge in [0.05, 0.1) is 6.07 Å². The Labute approximate surface area is 148 Å². The lowest BCUT2D eigenvalue weighted by Gasteiger charge is -2.23. The van der Waals surface area contributed by atoms with Gasteiger partial charge in [-0.2, -0.15) is 5.26 Å². The third-order valence-corrected chi connectivity index (χ3v) is 4.17. The molecule has 0 N–H and O–H groups in total. The maximum Gasteiger partial charge on any atom is 0.231 e. The minimum atomic E-state index is -0.0638. The number of ether oxygens (including phenoxy) is 3. The van der Waals surface area contributed by atoms with Crippen molar-refractivity contribution in [2.24, 2.45) is 0 Å². The molecule has 0 spiro atoms. The summed E-state index contributed by atoms with van der Waals surface area (Å²) >= 11 is 0. The van der Waals surface area contributed by atoms with Gasteiger partial charge in [0.25, 0.3) is 0 Å². The summed E-state index contributed by atoms with van der Waals surface area (Å²) in [4.78, 5) is 2.15. The van der Waals surface area contributed by atoms with Gasteiger partial charge in [0.15, 0.2) is 11.5 Å². The van der Waals surface area contributed by atoms with Crippen LogP contribution in [0, 0.1) is 11.3 Å². The Balaban J connectivity index is 1.69. The highest BCUT2D eigenvalue weighted by Gasteiger charge is 2.18. The van der Waals surface area contributed by atoms with E-state index < -0.39 is 0 Å². The summed E-state index contributed by atoms with van der Waals surface area (Å²) in [6.45, 7) is 1.87. The highest BCUT2D eigenvalue weighted by molar-refractivity contribution is 5.47. The van der Waals surface area contributed by atoms with Gasteiger partial charge in [-0.05, 0) is 24.7 Å². The Morgan fingerprint density at radius 3 is 2.72 bits per heavy atom. The summed E-state index contributed by atoms with van der Waals surface area (Å²) in [5.41, 5.74) is 1.13. The van der Waals surface area contributed by atoms with Gasteiger partial charge in [-0.15, -0.1) is 0 Å². The van der Waals surface area contributed by atoms with Gasteiger partial charge in [0.2, 0.25) is 6.79 Å². The molecule has 1 atom stereocenters. The zero-order chi connectivity index (χ0) is 17.5. The molecule has 0 bridgehead atoms. The van der Waals surface area contributed by atoms with Crippen molar-refractivity contribution in [2.75, 3.05) is 26.9 Å². The summed E-state index contributed by atoms with van der Waals surface area (Å²) in [5, 5.41) is 8.72. The van der Waals surface area contributed by atoms with Crippen LogP contribution in [0.2, 0.25) is 0 Å². The zero-order valence-corrected chi connectivity index (χ0v) is 14.4. The van der Waals surface area contributed by atoms with E-state index in [2.05, 4.69) is 23.1 Å². The van der Waals surface area contributed by atoms with Crippen molar-refractivity contribution >= 4 is 0 Å². The Kier molecular flexibility index (Phi) is 5.76. The van der Waals surface area contributed by atoms with Crippen LogP contribution in [0.15, 0.2) is 48.5 Å². The standard InChI is InChI=1S/C20H22N2O3/c1-22(12-5-11-21)13-10-18(16-6-3-2-4-7-16)25-17-8-9-19-20(14-17)24-15-23-19/h2-4,6-9,14,18H,5,10,12-13,15H2,1H3. The molecule has 0 fully saturated rings. The van der Waals surface area contributed by atoms with Crippen molar-refractivity contribution in [1.82, 2.24) is 4.90 Å². The second kappa shape index (κ2) is 8.41. The normalized spacial score (nSPS) is 13.5. The molecule has 0 amide bonds. The third kappa shape index (κ3) is 4.65. The maximum absolute atomic E-state index is 8.72. The lowest BCUT2D eigenvalue weighted by molar-refractivity contribution is 0.169. The molecule has 0 saturated heterocycles.